The third kappa shape index (κ3) is 7.02. The molecule has 2 aromatic carbocycles. The highest BCUT2D eigenvalue weighted by molar-refractivity contribution is 5.42. The highest BCUT2D eigenvalue weighted by atomic mass is 19.4. The van der Waals surface area contributed by atoms with E-state index in [9.17, 15) is 17.6 Å². The van der Waals surface area contributed by atoms with Crippen molar-refractivity contribution in [1.82, 2.24) is 0 Å². The summed E-state index contributed by atoms with van der Waals surface area (Å²) in [6, 6.07) is 5.22. The van der Waals surface area contributed by atoms with Crippen molar-refractivity contribution < 1.29 is 31.1 Å². The van der Waals surface area contributed by atoms with Crippen molar-refractivity contribution in [2.75, 3.05) is 0 Å². The van der Waals surface area contributed by atoms with Gasteiger partial charge in [0.1, 0.15) is 11.6 Å². The van der Waals surface area contributed by atoms with E-state index in [1.54, 1.807) is 0 Å². The van der Waals surface area contributed by atoms with Crippen molar-refractivity contribution in [3.63, 3.8) is 0 Å². The number of ether oxygens (including phenoxy) is 1. The Morgan fingerprint density at radius 3 is 2.16 bits per heavy atom. The predicted octanol–water partition coefficient (Wildman–Crippen LogP) is 9.91. The van der Waals surface area contributed by atoms with Crippen LogP contribution in [0.2, 0.25) is 0 Å². The van der Waals surface area contributed by atoms with Crippen molar-refractivity contribution in [3.05, 3.63) is 64.0 Å². The first-order valence-corrected chi connectivity index (χ1v) is 13.7. The highest BCUT2D eigenvalue weighted by Gasteiger charge is 2.35. The molecule has 37 heavy (non-hydrogen) atoms. The maximum atomic E-state index is 15.2. The molecule has 0 aromatic heterocycles. The molecule has 0 saturated heterocycles. The number of fused-ring (bicyclic) bond motifs is 1. The van der Waals surface area contributed by atoms with Gasteiger partial charge in [0.25, 0.3) is 0 Å². The Hall–Kier alpha value is -2.18. The molecule has 0 radical (unpaired) electrons. The van der Waals surface area contributed by atoms with E-state index >= 15 is 8.78 Å². The molecule has 0 aliphatic heterocycles. The van der Waals surface area contributed by atoms with Gasteiger partial charge in [0.2, 0.25) is 0 Å². The van der Waals surface area contributed by atoms with Gasteiger partial charge in [0.15, 0.2) is 11.6 Å². The van der Waals surface area contributed by atoms with Gasteiger partial charge >= 0.3 is 6.36 Å². The molecule has 1 nitrogen and oxygen atoms in total. The van der Waals surface area contributed by atoms with Gasteiger partial charge < -0.3 is 4.74 Å². The molecule has 204 valence electrons. The largest absolute Gasteiger partial charge is 0.573 e. The second-order valence-corrected chi connectivity index (χ2v) is 10.8. The molecule has 0 spiro atoms. The summed E-state index contributed by atoms with van der Waals surface area (Å²) in [5, 5.41) is 0. The number of alkyl halides is 3. The Kier molecular flexibility index (Phi) is 9.12. The zero-order valence-electron chi connectivity index (χ0n) is 21.4. The Morgan fingerprint density at radius 1 is 0.838 bits per heavy atom. The lowest BCUT2D eigenvalue weighted by molar-refractivity contribution is -0.275. The molecule has 1 saturated carbocycles. The van der Waals surface area contributed by atoms with Gasteiger partial charge in [-0.15, -0.1) is 13.2 Å². The molecule has 2 aromatic rings. The van der Waals surface area contributed by atoms with E-state index < -0.39 is 35.5 Å². The van der Waals surface area contributed by atoms with Crippen LogP contribution in [0.25, 0.3) is 0 Å². The molecule has 0 bridgehead atoms. The molecule has 0 N–H and O–H groups in total. The van der Waals surface area contributed by atoms with Gasteiger partial charge in [-0.1, -0.05) is 51.5 Å². The number of rotatable bonds is 9. The van der Waals surface area contributed by atoms with Crippen LogP contribution >= 0.6 is 0 Å². The number of hydrogen-bond donors (Lipinski definition) is 0. The quantitative estimate of drug-likeness (QED) is 0.233. The van der Waals surface area contributed by atoms with Crippen LogP contribution in [0.3, 0.4) is 0 Å². The van der Waals surface area contributed by atoms with Crippen LogP contribution in [0.5, 0.6) is 5.75 Å². The van der Waals surface area contributed by atoms with E-state index in [0.717, 1.165) is 31.7 Å². The average molecular weight is 527 g/mol. The molecule has 2 aliphatic rings. The standard InChI is InChI=1S/C30H36F6O/c1-2-3-4-5-6-7-19-8-10-20(11-9-19)23-17-25(31)28(26(32)18-23)22-12-14-24-21(16-22)13-15-27(29(24)33)37-30(34,35)36/h13,15,17-20,22H,2-12,14,16H2,1H3. The van der Waals surface area contributed by atoms with E-state index in [2.05, 4.69) is 11.7 Å². The topological polar surface area (TPSA) is 9.23 Å². The lowest BCUT2D eigenvalue weighted by atomic mass is 9.75. The normalized spacial score (nSPS) is 22.1. The first-order chi connectivity index (χ1) is 17.7. The molecule has 0 amide bonds. The molecule has 1 unspecified atom stereocenters. The first-order valence-electron chi connectivity index (χ1n) is 13.7. The van der Waals surface area contributed by atoms with Crippen molar-refractivity contribution in [2.24, 2.45) is 5.92 Å². The maximum absolute atomic E-state index is 15.2. The summed E-state index contributed by atoms with van der Waals surface area (Å²) in [6.07, 6.45) is 7.19. The molecule has 1 atom stereocenters. The summed E-state index contributed by atoms with van der Waals surface area (Å²) >= 11 is 0. The van der Waals surface area contributed by atoms with E-state index in [1.807, 2.05) is 0 Å². The minimum atomic E-state index is -4.99. The van der Waals surface area contributed by atoms with Crippen LogP contribution in [-0.2, 0) is 12.8 Å². The summed E-state index contributed by atoms with van der Waals surface area (Å²) in [5.74, 6) is -2.74. The third-order valence-corrected chi connectivity index (χ3v) is 8.28. The van der Waals surface area contributed by atoms with Gasteiger partial charge in [-0.05, 0) is 97.6 Å². The summed E-state index contributed by atoms with van der Waals surface area (Å²) in [4.78, 5) is 0. The maximum Gasteiger partial charge on any atom is 0.573 e. The van der Waals surface area contributed by atoms with Crippen molar-refractivity contribution in [1.29, 1.82) is 0 Å². The van der Waals surface area contributed by atoms with Crippen molar-refractivity contribution in [3.8, 4) is 5.75 Å². The zero-order valence-corrected chi connectivity index (χ0v) is 21.4. The zero-order chi connectivity index (χ0) is 26.6. The summed E-state index contributed by atoms with van der Waals surface area (Å²) in [7, 11) is 0. The van der Waals surface area contributed by atoms with E-state index in [-0.39, 0.29) is 36.3 Å². The van der Waals surface area contributed by atoms with Crippen LogP contribution in [0, 0.1) is 23.4 Å². The van der Waals surface area contributed by atoms with E-state index in [0.29, 0.717) is 17.0 Å². The number of hydrogen-bond acceptors (Lipinski definition) is 1. The third-order valence-electron chi connectivity index (χ3n) is 8.28. The molecule has 1 fully saturated rings. The molecular weight excluding hydrogens is 490 g/mol. The van der Waals surface area contributed by atoms with Gasteiger partial charge in [0, 0.05) is 5.56 Å². The predicted molar refractivity (Wildman–Crippen MR) is 132 cm³/mol. The summed E-state index contributed by atoms with van der Waals surface area (Å²) < 4.78 is 86.4. The number of unbranched alkanes of at least 4 members (excludes halogenated alkanes) is 4. The SMILES string of the molecule is CCCCCCCC1CCC(c2cc(F)c(C3CCc4c(ccc(OC(F)(F)F)c4F)C3)c(F)c2)CC1. The van der Waals surface area contributed by atoms with Gasteiger partial charge in [-0.2, -0.15) is 0 Å². The Labute approximate surface area is 215 Å². The van der Waals surface area contributed by atoms with Crippen molar-refractivity contribution in [2.45, 2.75) is 109 Å². The second kappa shape index (κ2) is 12.1. The van der Waals surface area contributed by atoms with Gasteiger partial charge in [0.05, 0.1) is 0 Å². The highest BCUT2D eigenvalue weighted by Crippen LogP contribution is 2.42. The second-order valence-electron chi connectivity index (χ2n) is 10.8. The molecule has 7 heteroatoms. The summed E-state index contributed by atoms with van der Waals surface area (Å²) in [5.41, 5.74) is 1.28. The average Bonchev–Trinajstić information content (AvgIpc) is 2.85. The fourth-order valence-corrected chi connectivity index (χ4v) is 6.29. The number of halogens is 6. The van der Waals surface area contributed by atoms with E-state index in [1.165, 1.54) is 56.7 Å². The van der Waals surface area contributed by atoms with Crippen LogP contribution < -0.4 is 4.74 Å². The first kappa shape index (κ1) is 27.8. The fourth-order valence-electron chi connectivity index (χ4n) is 6.29. The minimum Gasteiger partial charge on any atom is -0.403 e. The molecule has 0 heterocycles. The Bertz CT molecular complexity index is 1030. The van der Waals surface area contributed by atoms with Crippen LogP contribution in [0.1, 0.15) is 112 Å². The number of benzene rings is 2. The van der Waals surface area contributed by atoms with Gasteiger partial charge in [-0.25, -0.2) is 13.2 Å². The Morgan fingerprint density at radius 2 is 1.51 bits per heavy atom. The monoisotopic (exact) mass is 526 g/mol. The lowest BCUT2D eigenvalue weighted by Crippen LogP contribution is -2.21. The van der Waals surface area contributed by atoms with Crippen LogP contribution in [-0.4, -0.2) is 6.36 Å². The van der Waals surface area contributed by atoms with E-state index in [4.69, 9.17) is 0 Å². The fraction of sp³-hybridized carbons (Fsp3) is 0.600. The molecule has 2 aliphatic carbocycles. The summed E-state index contributed by atoms with van der Waals surface area (Å²) in [6.45, 7) is 2.21. The molecule has 4 rings (SSSR count). The van der Waals surface area contributed by atoms with Gasteiger partial charge in [-0.3, -0.25) is 0 Å². The Balaban J connectivity index is 1.39. The minimum absolute atomic E-state index is 0.00816. The van der Waals surface area contributed by atoms with Crippen LogP contribution in [0.15, 0.2) is 24.3 Å². The van der Waals surface area contributed by atoms with Crippen molar-refractivity contribution >= 4 is 0 Å². The smallest absolute Gasteiger partial charge is 0.403 e. The van der Waals surface area contributed by atoms with Crippen LogP contribution in [0.4, 0.5) is 26.3 Å². The lowest BCUT2D eigenvalue weighted by Gasteiger charge is -2.30. The molecular formula is C30H36F6O.